The van der Waals surface area contributed by atoms with Crippen LogP contribution in [0, 0.1) is 0 Å². The van der Waals surface area contributed by atoms with E-state index in [1.807, 2.05) is 36.4 Å². The smallest absolute Gasteiger partial charge is 0.200 e. The fraction of sp³-hybridized carbons (Fsp3) is 0.556. The second-order valence-electron chi connectivity index (χ2n) is 12.0. The second kappa shape index (κ2) is 18.4. The van der Waals surface area contributed by atoms with Crippen LogP contribution in [-0.2, 0) is 12.8 Å². The van der Waals surface area contributed by atoms with Crippen LogP contribution >= 0.6 is 0 Å². The molecule has 2 atom stereocenters. The van der Waals surface area contributed by atoms with Gasteiger partial charge < -0.3 is 10.2 Å². The Kier molecular flexibility index (Phi) is 14.0. The van der Waals surface area contributed by atoms with Crippen LogP contribution in [0.15, 0.2) is 36.4 Å². The van der Waals surface area contributed by atoms with Crippen LogP contribution in [0.5, 0.6) is 0 Å². The first-order chi connectivity index (χ1) is 22.5. The van der Waals surface area contributed by atoms with Crippen molar-refractivity contribution in [1.82, 2.24) is 40.3 Å². The Bertz CT molecular complexity index is 1400. The lowest BCUT2D eigenvalue weighted by Gasteiger charge is -2.15. The van der Waals surface area contributed by atoms with Gasteiger partial charge in [0.25, 0.3) is 0 Å². The first-order valence-corrected chi connectivity index (χ1v) is 17.3. The van der Waals surface area contributed by atoms with Gasteiger partial charge in [0.2, 0.25) is 11.6 Å². The molecule has 4 rings (SSSR count). The molecule has 0 amide bonds. The van der Waals surface area contributed by atoms with Crippen LogP contribution in [0.25, 0.3) is 34.4 Å². The van der Waals surface area contributed by atoms with Crippen molar-refractivity contribution in [2.24, 2.45) is 0 Å². The fourth-order valence-electron chi connectivity index (χ4n) is 5.38. The van der Waals surface area contributed by atoms with E-state index in [2.05, 4.69) is 48.1 Å². The normalized spacial score (nSPS) is 12.7. The van der Waals surface area contributed by atoms with E-state index >= 15 is 0 Å². The van der Waals surface area contributed by atoms with Gasteiger partial charge in [0.15, 0.2) is 0 Å². The molecule has 4 heterocycles. The number of aliphatic hydroxyl groups excluding tert-OH is 2. The summed E-state index contributed by atoms with van der Waals surface area (Å²) >= 11 is 0. The molecular formula is C36H50N8O2. The van der Waals surface area contributed by atoms with Crippen molar-refractivity contribution in [2.75, 3.05) is 0 Å². The molecule has 0 spiro atoms. The number of hydrogen-bond donors (Lipinski definition) is 2. The zero-order valence-corrected chi connectivity index (χ0v) is 28.0. The van der Waals surface area contributed by atoms with Gasteiger partial charge in [-0.3, -0.25) is 0 Å². The van der Waals surface area contributed by atoms with Crippen molar-refractivity contribution in [2.45, 2.75) is 130 Å². The Labute approximate surface area is 273 Å². The molecule has 4 aromatic heterocycles. The lowest BCUT2D eigenvalue weighted by atomic mass is 10.0. The molecule has 0 aliphatic heterocycles. The third-order valence-electron chi connectivity index (χ3n) is 8.12. The monoisotopic (exact) mass is 626 g/mol. The second-order valence-corrected chi connectivity index (χ2v) is 12.0. The molecule has 0 fully saturated rings. The number of rotatable bonds is 19. The lowest BCUT2D eigenvalue weighted by molar-refractivity contribution is 0.157. The highest BCUT2D eigenvalue weighted by molar-refractivity contribution is 5.63. The van der Waals surface area contributed by atoms with Gasteiger partial charge in [-0.05, 0) is 62.8 Å². The molecule has 2 unspecified atom stereocenters. The van der Waals surface area contributed by atoms with Crippen molar-refractivity contribution in [3.8, 4) is 34.4 Å². The Morgan fingerprint density at radius 3 is 1.26 bits per heavy atom. The summed E-state index contributed by atoms with van der Waals surface area (Å²) in [6.07, 6.45) is 11.5. The molecule has 0 aromatic carbocycles. The van der Waals surface area contributed by atoms with E-state index in [1.165, 1.54) is 0 Å². The van der Waals surface area contributed by atoms with Gasteiger partial charge in [-0.2, -0.15) is 10.2 Å². The summed E-state index contributed by atoms with van der Waals surface area (Å²) in [5.74, 6) is 0.749. The van der Waals surface area contributed by atoms with Crippen molar-refractivity contribution in [3.63, 3.8) is 0 Å². The molecule has 0 aliphatic rings. The quantitative estimate of drug-likeness (QED) is 0.0991. The number of pyridine rings is 2. The van der Waals surface area contributed by atoms with E-state index in [0.29, 0.717) is 58.7 Å². The Morgan fingerprint density at radius 1 is 0.478 bits per heavy atom. The third kappa shape index (κ3) is 9.62. The summed E-state index contributed by atoms with van der Waals surface area (Å²) in [6.45, 7) is 8.55. The number of hydrogen-bond acceptors (Lipinski definition) is 10. The highest BCUT2D eigenvalue weighted by Crippen LogP contribution is 2.27. The van der Waals surface area contributed by atoms with Gasteiger partial charge in [0.05, 0.1) is 46.4 Å². The van der Waals surface area contributed by atoms with Gasteiger partial charge in [-0.25, -0.2) is 19.9 Å². The molecule has 0 aliphatic carbocycles. The molecule has 46 heavy (non-hydrogen) atoms. The molecule has 0 saturated carbocycles. The van der Waals surface area contributed by atoms with E-state index in [1.54, 1.807) is 0 Å². The summed E-state index contributed by atoms with van der Waals surface area (Å²) < 4.78 is 0. The van der Waals surface area contributed by atoms with E-state index < -0.39 is 12.2 Å². The standard InChI is InChI=1S/C36H50N8O2/c1-5-9-13-17-27-33(31(45)23-11-7-3)39-35(43-41-27)29-21-15-19-25(37-29)26-20-16-22-30(38-26)36-40-34(32(46)24-12-8-4)28(42-44-36)18-14-10-6-2/h15-16,19-22,31-32,45-46H,5-14,17-18,23-24H2,1-4H3. The minimum absolute atomic E-state index is 0.375. The van der Waals surface area contributed by atoms with Crippen LogP contribution in [-0.4, -0.2) is 50.5 Å². The van der Waals surface area contributed by atoms with Crippen LogP contribution < -0.4 is 0 Å². The maximum Gasteiger partial charge on any atom is 0.200 e. The molecular weight excluding hydrogens is 576 g/mol. The molecule has 246 valence electrons. The van der Waals surface area contributed by atoms with Crippen LogP contribution in [0.1, 0.15) is 140 Å². The zero-order valence-electron chi connectivity index (χ0n) is 28.0. The minimum Gasteiger partial charge on any atom is -0.387 e. The number of unbranched alkanes of at least 4 members (excludes halogenated alkanes) is 6. The maximum absolute atomic E-state index is 11.0. The van der Waals surface area contributed by atoms with E-state index in [0.717, 1.165) is 88.4 Å². The van der Waals surface area contributed by atoms with Crippen LogP contribution in [0.3, 0.4) is 0 Å². The summed E-state index contributed by atoms with van der Waals surface area (Å²) in [4.78, 5) is 19.3. The number of aliphatic hydroxyl groups is 2. The molecule has 2 N–H and O–H groups in total. The average molecular weight is 627 g/mol. The Morgan fingerprint density at radius 2 is 0.870 bits per heavy atom. The highest BCUT2D eigenvalue weighted by atomic mass is 16.3. The molecule has 0 bridgehead atoms. The summed E-state index contributed by atoms with van der Waals surface area (Å²) in [7, 11) is 0. The fourth-order valence-corrected chi connectivity index (χ4v) is 5.38. The van der Waals surface area contributed by atoms with Crippen LogP contribution in [0.4, 0.5) is 0 Å². The number of aryl methyl sites for hydroxylation is 2. The highest BCUT2D eigenvalue weighted by Gasteiger charge is 2.20. The SMILES string of the molecule is CCCCCc1nnc(-c2cccc(-c3cccc(-c4nnc(CCCCC)c(C(O)CCCC)n4)n3)n2)nc1C(O)CCCC. The van der Waals surface area contributed by atoms with Crippen molar-refractivity contribution in [3.05, 3.63) is 59.2 Å². The molecule has 4 aromatic rings. The Balaban J connectivity index is 1.64. The average Bonchev–Trinajstić information content (AvgIpc) is 3.10. The van der Waals surface area contributed by atoms with Crippen LogP contribution in [0.2, 0.25) is 0 Å². The molecule has 10 heteroatoms. The van der Waals surface area contributed by atoms with Gasteiger partial charge in [0.1, 0.15) is 11.4 Å². The molecule has 10 nitrogen and oxygen atoms in total. The van der Waals surface area contributed by atoms with Gasteiger partial charge in [0, 0.05) is 0 Å². The summed E-state index contributed by atoms with van der Waals surface area (Å²) in [5.41, 5.74) is 5.09. The number of nitrogens with zero attached hydrogens (tertiary/aromatic N) is 8. The van der Waals surface area contributed by atoms with Gasteiger partial charge >= 0.3 is 0 Å². The maximum atomic E-state index is 11.0. The Hall–Kier alpha value is -3.76. The third-order valence-corrected chi connectivity index (χ3v) is 8.12. The van der Waals surface area contributed by atoms with Crippen molar-refractivity contribution < 1.29 is 10.2 Å². The molecule has 0 saturated heterocycles. The van der Waals surface area contributed by atoms with E-state index in [4.69, 9.17) is 19.9 Å². The van der Waals surface area contributed by atoms with E-state index in [-0.39, 0.29) is 0 Å². The zero-order chi connectivity index (χ0) is 32.7. The van der Waals surface area contributed by atoms with Crippen molar-refractivity contribution >= 4 is 0 Å². The largest absolute Gasteiger partial charge is 0.387 e. The summed E-state index contributed by atoms with van der Waals surface area (Å²) in [6, 6.07) is 11.2. The lowest BCUT2D eigenvalue weighted by Crippen LogP contribution is -2.11. The van der Waals surface area contributed by atoms with Gasteiger partial charge in [-0.1, -0.05) is 91.2 Å². The van der Waals surface area contributed by atoms with E-state index in [9.17, 15) is 10.2 Å². The van der Waals surface area contributed by atoms with Gasteiger partial charge in [-0.15, -0.1) is 10.2 Å². The van der Waals surface area contributed by atoms with Crippen molar-refractivity contribution in [1.29, 1.82) is 0 Å². The topological polar surface area (TPSA) is 144 Å². The predicted molar refractivity (Wildman–Crippen MR) is 181 cm³/mol. The first-order valence-electron chi connectivity index (χ1n) is 17.3. The minimum atomic E-state index is -0.690. The molecule has 0 radical (unpaired) electrons. The number of aromatic nitrogens is 8. The summed E-state index contributed by atoms with van der Waals surface area (Å²) in [5, 5.41) is 39.9. The first kappa shape index (κ1) is 35.1. The predicted octanol–water partition coefficient (Wildman–Crippen LogP) is 7.76.